The van der Waals surface area contributed by atoms with E-state index in [-0.39, 0.29) is 17.5 Å². The molecule has 0 spiro atoms. The summed E-state index contributed by atoms with van der Waals surface area (Å²) in [6, 6.07) is 0.914. The van der Waals surface area contributed by atoms with E-state index in [2.05, 4.69) is 25.7 Å². The van der Waals surface area contributed by atoms with Gasteiger partial charge in [-0.2, -0.15) is 0 Å². The summed E-state index contributed by atoms with van der Waals surface area (Å²) in [5.74, 6) is -1.99. The molecule has 0 aromatic carbocycles. The molecule has 0 fully saturated rings. The van der Waals surface area contributed by atoms with Gasteiger partial charge in [-0.3, -0.25) is 0 Å². The molecule has 1 heterocycles. The number of pyridine rings is 1. The Morgan fingerprint density at radius 2 is 2.24 bits per heavy atom. The van der Waals surface area contributed by atoms with E-state index in [1.165, 1.54) is 6.92 Å². The summed E-state index contributed by atoms with van der Waals surface area (Å²) in [6.07, 6.45) is -2.87. The average molecular weight is 312 g/mol. The molecule has 7 heteroatoms. The van der Waals surface area contributed by atoms with Crippen LogP contribution in [0.3, 0.4) is 0 Å². The third kappa shape index (κ3) is 3.18. The molecular formula is C10H9BrF3NO2. The van der Waals surface area contributed by atoms with Gasteiger partial charge >= 0.3 is 5.97 Å². The van der Waals surface area contributed by atoms with Gasteiger partial charge in [0.05, 0.1) is 6.61 Å². The molecule has 0 bridgehead atoms. The Balaban J connectivity index is 3.27. The number of carbonyl (C=O) groups excluding carboxylic acids is 1. The molecule has 0 aliphatic rings. The smallest absolute Gasteiger partial charge is 0.360 e. The zero-order chi connectivity index (χ0) is 13.0. The number of nitrogens with zero attached hydrogens (tertiary/aromatic N) is 1. The second-order valence-corrected chi connectivity index (χ2v) is 3.58. The Bertz CT molecular complexity index is 426. The van der Waals surface area contributed by atoms with Crippen molar-refractivity contribution in [3.8, 4) is 0 Å². The van der Waals surface area contributed by atoms with Gasteiger partial charge in [-0.15, -0.1) is 0 Å². The number of rotatable bonds is 4. The van der Waals surface area contributed by atoms with Crippen molar-refractivity contribution in [2.75, 3.05) is 6.61 Å². The van der Waals surface area contributed by atoms with Crippen LogP contribution in [0.5, 0.6) is 0 Å². The first-order valence-corrected chi connectivity index (χ1v) is 5.83. The summed E-state index contributed by atoms with van der Waals surface area (Å²) in [4.78, 5) is 14.6. The maximum atomic E-state index is 13.7. The van der Waals surface area contributed by atoms with Gasteiger partial charge in [0.1, 0.15) is 5.69 Å². The number of hydrogen-bond donors (Lipinski definition) is 0. The molecule has 94 valence electrons. The molecular weight excluding hydrogens is 303 g/mol. The molecule has 0 unspecified atom stereocenters. The maximum Gasteiger partial charge on any atom is 0.360 e. The number of aromatic nitrogens is 1. The molecule has 0 N–H and O–H groups in total. The average Bonchev–Trinajstić information content (AvgIpc) is 2.29. The lowest BCUT2D eigenvalue weighted by molar-refractivity contribution is 0.0511. The summed E-state index contributed by atoms with van der Waals surface area (Å²) in [5.41, 5.74) is -1.42. The molecule has 17 heavy (non-hydrogen) atoms. The molecule has 0 aliphatic carbocycles. The van der Waals surface area contributed by atoms with E-state index in [1.54, 1.807) is 0 Å². The Labute approximate surface area is 104 Å². The Morgan fingerprint density at radius 1 is 1.59 bits per heavy atom. The summed E-state index contributed by atoms with van der Waals surface area (Å²) < 4.78 is 43.2. The Hall–Kier alpha value is -1.11. The van der Waals surface area contributed by atoms with Crippen LogP contribution in [0.25, 0.3) is 0 Å². The van der Waals surface area contributed by atoms with Crippen LogP contribution in [0.4, 0.5) is 13.2 Å². The molecule has 0 saturated heterocycles. The van der Waals surface area contributed by atoms with Crippen molar-refractivity contribution in [2.24, 2.45) is 0 Å². The third-order valence-corrected chi connectivity index (χ3v) is 2.49. The van der Waals surface area contributed by atoms with Crippen molar-refractivity contribution in [1.82, 2.24) is 4.98 Å². The molecule has 0 radical (unpaired) electrons. The lowest BCUT2D eigenvalue weighted by Crippen LogP contribution is -2.13. The highest BCUT2D eigenvalue weighted by Gasteiger charge is 2.22. The van der Waals surface area contributed by atoms with Crippen LogP contribution in [0.2, 0.25) is 0 Å². The maximum absolute atomic E-state index is 13.7. The molecule has 0 atom stereocenters. The fraction of sp³-hybridized carbons (Fsp3) is 0.400. The molecule has 0 saturated carbocycles. The number of esters is 1. The normalized spacial score (nSPS) is 10.7. The van der Waals surface area contributed by atoms with Gasteiger partial charge in [-0.25, -0.2) is 22.9 Å². The van der Waals surface area contributed by atoms with E-state index in [0.29, 0.717) is 0 Å². The number of ether oxygens (including phenoxy) is 1. The minimum atomic E-state index is -2.87. The fourth-order valence-corrected chi connectivity index (χ4v) is 1.56. The van der Waals surface area contributed by atoms with E-state index in [0.717, 1.165) is 6.07 Å². The van der Waals surface area contributed by atoms with E-state index in [1.807, 2.05) is 0 Å². The zero-order valence-corrected chi connectivity index (χ0v) is 10.4. The lowest BCUT2D eigenvalue weighted by Gasteiger charge is -2.08. The predicted molar refractivity (Wildman–Crippen MR) is 57.7 cm³/mol. The minimum absolute atomic E-state index is 0.00742. The quantitative estimate of drug-likeness (QED) is 0.633. The van der Waals surface area contributed by atoms with Crippen LogP contribution in [-0.2, 0) is 10.1 Å². The molecule has 0 aliphatic heterocycles. The molecule has 1 aromatic rings. The van der Waals surface area contributed by atoms with E-state index < -0.39 is 29.6 Å². The first-order chi connectivity index (χ1) is 8.01. The topological polar surface area (TPSA) is 39.2 Å². The number of halogens is 4. The summed E-state index contributed by atoms with van der Waals surface area (Å²) >= 11 is 2.95. The van der Waals surface area contributed by atoms with Gasteiger partial charge < -0.3 is 4.74 Å². The van der Waals surface area contributed by atoms with Crippen LogP contribution in [-0.4, -0.2) is 17.6 Å². The monoisotopic (exact) mass is 311 g/mol. The highest BCUT2D eigenvalue weighted by atomic mass is 79.9. The van der Waals surface area contributed by atoms with Gasteiger partial charge in [0.2, 0.25) is 0 Å². The lowest BCUT2D eigenvalue weighted by atomic mass is 10.2. The van der Waals surface area contributed by atoms with Gasteiger partial charge in [-0.1, -0.05) is 15.9 Å². The molecule has 3 nitrogen and oxygen atoms in total. The van der Waals surface area contributed by atoms with Crippen molar-refractivity contribution < 1.29 is 22.7 Å². The standard InChI is InChI=1S/C10H9BrF3NO2/c1-2-17-10(16)8-7(12)5(4-11)3-6(15-8)9(13)14/h3,9H,2,4H2,1H3. The SMILES string of the molecule is CCOC(=O)c1nc(C(F)F)cc(CBr)c1F. The Morgan fingerprint density at radius 3 is 2.71 bits per heavy atom. The minimum Gasteiger partial charge on any atom is -0.461 e. The van der Waals surface area contributed by atoms with Gasteiger partial charge in [0.15, 0.2) is 11.5 Å². The molecule has 1 aromatic heterocycles. The largest absolute Gasteiger partial charge is 0.461 e. The number of carbonyl (C=O) groups is 1. The van der Waals surface area contributed by atoms with Crippen molar-refractivity contribution >= 4 is 21.9 Å². The van der Waals surface area contributed by atoms with Crippen molar-refractivity contribution in [3.05, 3.63) is 28.8 Å². The van der Waals surface area contributed by atoms with E-state index in [9.17, 15) is 18.0 Å². The van der Waals surface area contributed by atoms with Crippen LogP contribution >= 0.6 is 15.9 Å². The highest BCUT2D eigenvalue weighted by Crippen LogP contribution is 2.23. The van der Waals surface area contributed by atoms with Crippen LogP contribution < -0.4 is 0 Å². The Kier molecular flexibility index (Phi) is 4.92. The number of alkyl halides is 3. The van der Waals surface area contributed by atoms with E-state index in [4.69, 9.17) is 0 Å². The summed E-state index contributed by atoms with van der Waals surface area (Å²) in [7, 11) is 0. The second kappa shape index (κ2) is 6.00. The van der Waals surface area contributed by atoms with Crippen molar-refractivity contribution in [3.63, 3.8) is 0 Å². The van der Waals surface area contributed by atoms with Crippen molar-refractivity contribution in [2.45, 2.75) is 18.7 Å². The summed E-state index contributed by atoms with van der Waals surface area (Å²) in [6.45, 7) is 1.54. The molecule has 0 amide bonds. The van der Waals surface area contributed by atoms with Crippen LogP contribution in [0.15, 0.2) is 6.07 Å². The van der Waals surface area contributed by atoms with Gasteiger partial charge in [-0.05, 0) is 13.0 Å². The fourth-order valence-electron chi connectivity index (χ4n) is 1.15. The van der Waals surface area contributed by atoms with Gasteiger partial charge in [0.25, 0.3) is 6.43 Å². The predicted octanol–water partition coefficient (Wildman–Crippen LogP) is 3.23. The first kappa shape index (κ1) is 14.0. The molecule has 1 rings (SSSR count). The van der Waals surface area contributed by atoms with Crippen LogP contribution in [0.1, 0.15) is 35.1 Å². The van der Waals surface area contributed by atoms with Crippen LogP contribution in [0, 0.1) is 5.82 Å². The van der Waals surface area contributed by atoms with E-state index >= 15 is 0 Å². The number of hydrogen-bond acceptors (Lipinski definition) is 3. The van der Waals surface area contributed by atoms with Gasteiger partial charge in [0, 0.05) is 10.9 Å². The third-order valence-electron chi connectivity index (χ3n) is 1.89. The van der Waals surface area contributed by atoms with Crippen molar-refractivity contribution in [1.29, 1.82) is 0 Å². The summed E-state index contributed by atoms with van der Waals surface area (Å²) in [5, 5.41) is 0.00742. The second-order valence-electron chi connectivity index (χ2n) is 3.02. The zero-order valence-electron chi connectivity index (χ0n) is 8.84. The first-order valence-electron chi connectivity index (χ1n) is 4.71. The highest BCUT2D eigenvalue weighted by molar-refractivity contribution is 9.08.